The Balaban J connectivity index is 1.59. The van der Waals surface area contributed by atoms with Gasteiger partial charge in [-0.3, -0.25) is 4.79 Å². The van der Waals surface area contributed by atoms with Crippen molar-refractivity contribution < 1.29 is 4.79 Å². The number of amides is 1. The summed E-state index contributed by atoms with van der Waals surface area (Å²) < 4.78 is 0. The van der Waals surface area contributed by atoms with Gasteiger partial charge in [0, 0.05) is 28.7 Å². The van der Waals surface area contributed by atoms with Crippen molar-refractivity contribution in [2.45, 2.75) is 45.1 Å². The first-order valence-corrected chi connectivity index (χ1v) is 12.3. The largest absolute Gasteiger partial charge is 0.369 e. The van der Waals surface area contributed by atoms with E-state index in [-0.39, 0.29) is 16.9 Å². The van der Waals surface area contributed by atoms with Crippen molar-refractivity contribution in [3.8, 4) is 0 Å². The summed E-state index contributed by atoms with van der Waals surface area (Å²) in [5.41, 5.74) is 6.55. The quantitative estimate of drug-likeness (QED) is 0.373. The summed E-state index contributed by atoms with van der Waals surface area (Å²) in [5, 5.41) is 6.75. The number of halogens is 1. The fourth-order valence-corrected chi connectivity index (χ4v) is 5.58. The number of anilines is 2. The summed E-state index contributed by atoms with van der Waals surface area (Å²) in [6.45, 7) is 8.77. The number of para-hydroxylation sites is 1. The van der Waals surface area contributed by atoms with Crippen molar-refractivity contribution in [1.29, 1.82) is 0 Å². The molecule has 0 saturated carbocycles. The van der Waals surface area contributed by atoms with Gasteiger partial charge in [0.1, 0.15) is 0 Å². The van der Waals surface area contributed by atoms with Gasteiger partial charge in [0.05, 0.1) is 17.0 Å². The van der Waals surface area contributed by atoms with Gasteiger partial charge in [-0.05, 0) is 86.4 Å². The van der Waals surface area contributed by atoms with E-state index >= 15 is 0 Å². The minimum Gasteiger partial charge on any atom is -0.369 e. The van der Waals surface area contributed by atoms with Gasteiger partial charge in [0.15, 0.2) is 0 Å². The molecule has 0 saturated heterocycles. The van der Waals surface area contributed by atoms with Crippen molar-refractivity contribution >= 4 is 40.7 Å². The van der Waals surface area contributed by atoms with Crippen LogP contribution < -0.4 is 9.91 Å². The summed E-state index contributed by atoms with van der Waals surface area (Å²) in [6.07, 6.45) is 2.92. The molecule has 1 amide bonds. The average Bonchev–Trinajstić information content (AvgIpc) is 3.12. The van der Waals surface area contributed by atoms with Crippen LogP contribution in [-0.2, 0) is 10.2 Å². The van der Waals surface area contributed by atoms with E-state index in [0.29, 0.717) is 5.57 Å². The minimum atomic E-state index is -0.205. The second-order valence-corrected chi connectivity index (χ2v) is 10.8. The Labute approximate surface area is 212 Å². The number of rotatable bonds is 3. The average molecular weight is 484 g/mol. The fraction of sp³-hybridized carbons (Fsp3) is 0.267. The molecule has 3 aromatic carbocycles. The molecule has 0 aliphatic carbocycles. The first-order valence-electron chi connectivity index (χ1n) is 11.9. The molecule has 2 aliphatic rings. The van der Waals surface area contributed by atoms with Crippen LogP contribution in [0.3, 0.4) is 0 Å². The number of fused-ring (bicyclic) bond motifs is 1. The fourth-order valence-electron chi connectivity index (χ4n) is 5.45. The summed E-state index contributed by atoms with van der Waals surface area (Å²) in [6, 6.07) is 24.2. The summed E-state index contributed by atoms with van der Waals surface area (Å²) >= 11 is 6.22. The van der Waals surface area contributed by atoms with Crippen LogP contribution in [0, 0.1) is 0 Å². The Morgan fingerprint density at radius 2 is 1.66 bits per heavy atom. The molecule has 35 heavy (non-hydrogen) atoms. The second kappa shape index (κ2) is 8.39. The van der Waals surface area contributed by atoms with Crippen LogP contribution in [0.5, 0.6) is 0 Å². The monoisotopic (exact) mass is 483 g/mol. The van der Waals surface area contributed by atoms with E-state index in [4.69, 9.17) is 11.6 Å². The highest BCUT2D eigenvalue weighted by Crippen LogP contribution is 2.50. The second-order valence-electron chi connectivity index (χ2n) is 10.4. The van der Waals surface area contributed by atoms with E-state index in [1.807, 2.05) is 55.5 Å². The number of nitrogens with zero attached hydrogens (tertiary/aromatic N) is 3. The lowest BCUT2D eigenvalue weighted by Crippen LogP contribution is -2.51. The SMILES string of the molecule is CC1=NN(c2ccccc2)C(=O)/C1=C\c1ccc2c(c1)C(C)(c1ccc(Cl)cc1)CC(C)(C)N2C. The molecule has 2 heterocycles. The first-order chi connectivity index (χ1) is 16.6. The minimum absolute atomic E-state index is 0.0256. The van der Waals surface area contributed by atoms with Crippen molar-refractivity contribution in [3.63, 3.8) is 0 Å². The molecule has 3 aromatic rings. The highest BCUT2D eigenvalue weighted by Gasteiger charge is 2.44. The van der Waals surface area contributed by atoms with Gasteiger partial charge in [0.2, 0.25) is 0 Å². The van der Waals surface area contributed by atoms with Crippen LogP contribution in [0.4, 0.5) is 11.4 Å². The molecule has 0 spiro atoms. The molecule has 0 N–H and O–H groups in total. The van der Waals surface area contributed by atoms with Crippen LogP contribution in [0.2, 0.25) is 5.02 Å². The highest BCUT2D eigenvalue weighted by atomic mass is 35.5. The number of hydrogen-bond donors (Lipinski definition) is 0. The third-order valence-corrected chi connectivity index (χ3v) is 7.78. The highest BCUT2D eigenvalue weighted by molar-refractivity contribution is 6.32. The molecule has 4 nitrogen and oxygen atoms in total. The molecular formula is C30H30ClN3O. The van der Waals surface area contributed by atoms with E-state index < -0.39 is 0 Å². The Morgan fingerprint density at radius 3 is 2.34 bits per heavy atom. The number of carbonyl (C=O) groups is 1. The third kappa shape index (κ3) is 3.96. The molecule has 1 unspecified atom stereocenters. The zero-order valence-electron chi connectivity index (χ0n) is 20.8. The number of benzene rings is 3. The third-order valence-electron chi connectivity index (χ3n) is 7.53. The Kier molecular flexibility index (Phi) is 5.60. The number of hydrazone groups is 1. The zero-order valence-corrected chi connectivity index (χ0v) is 21.6. The van der Waals surface area contributed by atoms with Crippen molar-refractivity contribution in [2.75, 3.05) is 17.0 Å². The van der Waals surface area contributed by atoms with Gasteiger partial charge in [0.25, 0.3) is 5.91 Å². The zero-order chi connectivity index (χ0) is 25.0. The molecule has 0 bridgehead atoms. The summed E-state index contributed by atoms with van der Waals surface area (Å²) in [5.74, 6) is -0.106. The maximum atomic E-state index is 13.2. The molecule has 178 valence electrons. The molecule has 2 aliphatic heterocycles. The predicted octanol–water partition coefficient (Wildman–Crippen LogP) is 7.07. The van der Waals surface area contributed by atoms with E-state index in [0.717, 1.165) is 28.4 Å². The Bertz CT molecular complexity index is 1360. The van der Waals surface area contributed by atoms with E-state index in [2.05, 4.69) is 68.2 Å². The van der Waals surface area contributed by atoms with Gasteiger partial charge in [-0.25, -0.2) is 0 Å². The van der Waals surface area contributed by atoms with Gasteiger partial charge in [-0.1, -0.05) is 54.9 Å². The maximum Gasteiger partial charge on any atom is 0.280 e. The topological polar surface area (TPSA) is 35.9 Å². The van der Waals surface area contributed by atoms with Crippen LogP contribution >= 0.6 is 11.6 Å². The number of carbonyl (C=O) groups excluding carboxylic acids is 1. The lowest BCUT2D eigenvalue weighted by molar-refractivity contribution is -0.114. The lowest BCUT2D eigenvalue weighted by atomic mass is 9.65. The number of hydrogen-bond acceptors (Lipinski definition) is 3. The molecule has 0 radical (unpaired) electrons. The van der Waals surface area contributed by atoms with E-state index in [9.17, 15) is 4.79 Å². The molecule has 0 fully saturated rings. The van der Waals surface area contributed by atoms with Crippen LogP contribution in [0.1, 0.15) is 50.8 Å². The summed E-state index contributed by atoms with van der Waals surface area (Å²) in [4.78, 5) is 15.6. The standard InChI is InChI=1S/C30H30ClN3O/c1-20-25(28(35)34(32-20)24-9-7-6-8-10-24)17-21-11-16-27-26(18-21)30(4,19-29(2,3)33(27)5)22-12-14-23(31)15-13-22/h6-18H,19H2,1-5H3/b25-17-. The molecule has 1 atom stereocenters. The smallest absolute Gasteiger partial charge is 0.280 e. The molecular weight excluding hydrogens is 454 g/mol. The molecule has 5 heteroatoms. The summed E-state index contributed by atoms with van der Waals surface area (Å²) in [7, 11) is 2.16. The van der Waals surface area contributed by atoms with Gasteiger partial charge in [-0.2, -0.15) is 10.1 Å². The first kappa shape index (κ1) is 23.4. The van der Waals surface area contributed by atoms with E-state index in [1.165, 1.54) is 21.8 Å². The van der Waals surface area contributed by atoms with Crippen molar-refractivity contribution in [2.24, 2.45) is 5.10 Å². The van der Waals surface area contributed by atoms with Gasteiger partial charge < -0.3 is 4.90 Å². The predicted molar refractivity (Wildman–Crippen MR) is 146 cm³/mol. The Hall–Kier alpha value is -3.37. The van der Waals surface area contributed by atoms with Crippen LogP contribution in [0.25, 0.3) is 6.08 Å². The maximum absolute atomic E-state index is 13.2. The lowest BCUT2D eigenvalue weighted by Gasteiger charge is -2.51. The van der Waals surface area contributed by atoms with Gasteiger partial charge in [-0.15, -0.1) is 0 Å². The molecule has 0 aromatic heterocycles. The van der Waals surface area contributed by atoms with Crippen LogP contribution in [0.15, 0.2) is 83.5 Å². The van der Waals surface area contributed by atoms with E-state index in [1.54, 1.807) is 0 Å². The van der Waals surface area contributed by atoms with Crippen molar-refractivity contribution in [3.05, 3.63) is 100 Å². The van der Waals surface area contributed by atoms with Crippen molar-refractivity contribution in [1.82, 2.24) is 0 Å². The Morgan fingerprint density at radius 1 is 0.971 bits per heavy atom. The van der Waals surface area contributed by atoms with Gasteiger partial charge >= 0.3 is 0 Å². The van der Waals surface area contributed by atoms with Crippen LogP contribution in [-0.4, -0.2) is 24.2 Å². The normalized spacial score (nSPS) is 22.4. The molecule has 5 rings (SSSR count).